The number of nitrogens with one attached hydrogen (secondary N) is 1. The van der Waals surface area contributed by atoms with Crippen molar-refractivity contribution in [3.63, 3.8) is 0 Å². The number of halogens is 1. The fourth-order valence-corrected chi connectivity index (χ4v) is 3.98. The number of hydrogen-bond acceptors (Lipinski definition) is 4. The van der Waals surface area contributed by atoms with E-state index in [9.17, 15) is 13.2 Å². The zero-order valence-electron chi connectivity index (χ0n) is 16.8. The van der Waals surface area contributed by atoms with Crippen LogP contribution in [0.25, 0.3) is 22.5 Å². The Balaban J connectivity index is 1.61. The number of nitrogens with two attached hydrogens (primary N) is 1. The van der Waals surface area contributed by atoms with E-state index >= 15 is 0 Å². The second kappa shape index (κ2) is 9.07. The van der Waals surface area contributed by atoms with E-state index in [1.54, 1.807) is 4.68 Å². The van der Waals surface area contributed by atoms with E-state index in [1.165, 1.54) is 24.3 Å². The summed E-state index contributed by atoms with van der Waals surface area (Å²) in [6.45, 7) is -0.0187. The molecule has 4 rings (SSSR count). The minimum Gasteiger partial charge on any atom is -0.324 e. The number of amides is 1. The molecule has 32 heavy (non-hydrogen) atoms. The SMILES string of the molecule is NS(=O)(=O)c1ccc(NC(=O)Cn2nc(-c3ccccc3)cc2-c2ccc(Br)cc2)cc1. The molecule has 0 unspecified atom stereocenters. The van der Waals surface area contributed by atoms with Crippen molar-refractivity contribution in [2.24, 2.45) is 5.14 Å². The molecule has 3 N–H and O–H groups in total. The van der Waals surface area contributed by atoms with Gasteiger partial charge in [0.1, 0.15) is 6.54 Å². The van der Waals surface area contributed by atoms with Gasteiger partial charge in [-0.3, -0.25) is 9.48 Å². The molecule has 9 heteroatoms. The molecule has 7 nitrogen and oxygen atoms in total. The number of carbonyl (C=O) groups excluding carboxylic acids is 1. The number of carbonyl (C=O) groups is 1. The first-order valence-corrected chi connectivity index (χ1v) is 12.0. The van der Waals surface area contributed by atoms with Crippen LogP contribution in [-0.2, 0) is 21.4 Å². The van der Waals surface area contributed by atoms with Gasteiger partial charge in [-0.05, 0) is 48.0 Å². The number of aromatic nitrogens is 2. The maximum Gasteiger partial charge on any atom is 0.246 e. The number of benzene rings is 3. The average Bonchev–Trinajstić information content (AvgIpc) is 3.18. The second-order valence-corrected chi connectivity index (χ2v) is 9.54. The summed E-state index contributed by atoms with van der Waals surface area (Å²) >= 11 is 3.44. The zero-order chi connectivity index (χ0) is 22.7. The quantitative estimate of drug-likeness (QED) is 0.403. The molecule has 0 fully saturated rings. The summed E-state index contributed by atoms with van der Waals surface area (Å²) < 4.78 is 25.4. The average molecular weight is 511 g/mol. The number of primary sulfonamides is 1. The minimum absolute atomic E-state index is 0.0187. The molecule has 0 aliphatic carbocycles. The summed E-state index contributed by atoms with van der Waals surface area (Å²) in [7, 11) is -3.79. The van der Waals surface area contributed by atoms with Gasteiger partial charge in [-0.2, -0.15) is 5.10 Å². The largest absolute Gasteiger partial charge is 0.324 e. The second-order valence-electron chi connectivity index (χ2n) is 7.06. The van der Waals surface area contributed by atoms with Crippen molar-refractivity contribution in [2.75, 3.05) is 5.32 Å². The van der Waals surface area contributed by atoms with E-state index in [0.29, 0.717) is 5.69 Å². The Hall–Kier alpha value is -3.27. The minimum atomic E-state index is -3.79. The van der Waals surface area contributed by atoms with Crippen LogP contribution >= 0.6 is 15.9 Å². The molecule has 0 bridgehead atoms. The molecular weight excluding hydrogens is 492 g/mol. The van der Waals surface area contributed by atoms with Crippen molar-refractivity contribution in [3.8, 4) is 22.5 Å². The van der Waals surface area contributed by atoms with Crippen LogP contribution in [0.4, 0.5) is 5.69 Å². The summed E-state index contributed by atoms with van der Waals surface area (Å²) in [4.78, 5) is 12.7. The third kappa shape index (κ3) is 5.13. The lowest BCUT2D eigenvalue weighted by molar-refractivity contribution is -0.116. The number of nitrogens with zero attached hydrogens (tertiary/aromatic N) is 2. The maximum absolute atomic E-state index is 12.7. The van der Waals surface area contributed by atoms with Gasteiger partial charge in [-0.1, -0.05) is 58.4 Å². The normalized spacial score (nSPS) is 11.3. The summed E-state index contributed by atoms with van der Waals surface area (Å²) in [6.07, 6.45) is 0. The van der Waals surface area contributed by atoms with Gasteiger partial charge in [0.25, 0.3) is 0 Å². The highest BCUT2D eigenvalue weighted by Gasteiger charge is 2.15. The first-order valence-electron chi connectivity index (χ1n) is 9.61. The van der Waals surface area contributed by atoms with Gasteiger partial charge in [-0.25, -0.2) is 13.6 Å². The molecule has 4 aromatic rings. The van der Waals surface area contributed by atoms with Gasteiger partial charge in [0.05, 0.1) is 16.3 Å². The van der Waals surface area contributed by atoms with Crippen LogP contribution in [0.1, 0.15) is 0 Å². The smallest absolute Gasteiger partial charge is 0.246 e. The number of hydrogen-bond donors (Lipinski definition) is 2. The van der Waals surface area contributed by atoms with Crippen LogP contribution in [0.2, 0.25) is 0 Å². The van der Waals surface area contributed by atoms with Crippen molar-refractivity contribution in [3.05, 3.63) is 89.4 Å². The Morgan fingerprint density at radius 2 is 1.59 bits per heavy atom. The van der Waals surface area contributed by atoms with E-state index in [-0.39, 0.29) is 17.3 Å². The van der Waals surface area contributed by atoms with E-state index < -0.39 is 10.0 Å². The monoisotopic (exact) mass is 510 g/mol. The summed E-state index contributed by atoms with van der Waals surface area (Å²) in [5.74, 6) is -0.297. The highest BCUT2D eigenvalue weighted by Crippen LogP contribution is 2.27. The van der Waals surface area contributed by atoms with Gasteiger partial charge >= 0.3 is 0 Å². The standard InChI is InChI=1S/C23H19BrN4O3S/c24-18-8-6-17(7-9-18)22-14-21(16-4-2-1-3-5-16)27-28(22)15-23(29)26-19-10-12-20(13-11-19)32(25,30)31/h1-14H,15H2,(H,26,29)(H2,25,30,31). The predicted octanol–water partition coefficient (Wildman–Crippen LogP) is 4.27. The molecule has 0 spiro atoms. The maximum atomic E-state index is 12.7. The first-order chi connectivity index (χ1) is 15.3. The lowest BCUT2D eigenvalue weighted by Crippen LogP contribution is -2.20. The fourth-order valence-electron chi connectivity index (χ4n) is 3.20. The summed E-state index contributed by atoms with van der Waals surface area (Å²) in [6, 6.07) is 25.1. The van der Waals surface area contributed by atoms with Gasteiger partial charge in [0.15, 0.2) is 0 Å². The third-order valence-corrected chi connectivity index (χ3v) is 6.21. The van der Waals surface area contributed by atoms with E-state index in [2.05, 4.69) is 26.3 Å². The summed E-state index contributed by atoms with van der Waals surface area (Å²) in [5, 5.41) is 12.5. The highest BCUT2D eigenvalue weighted by atomic mass is 79.9. The van der Waals surface area contributed by atoms with Crippen LogP contribution in [0.15, 0.2) is 94.3 Å². The van der Waals surface area contributed by atoms with Crippen LogP contribution < -0.4 is 10.5 Å². The molecule has 1 heterocycles. The first kappa shape index (κ1) is 21.9. The third-order valence-electron chi connectivity index (χ3n) is 4.75. The van der Waals surface area contributed by atoms with Gasteiger partial charge in [0, 0.05) is 15.7 Å². The number of anilines is 1. The molecule has 0 saturated heterocycles. The molecule has 162 valence electrons. The number of rotatable bonds is 6. The van der Waals surface area contributed by atoms with E-state index in [0.717, 1.165) is 27.0 Å². The zero-order valence-corrected chi connectivity index (χ0v) is 19.2. The molecule has 0 aliphatic rings. The molecular formula is C23H19BrN4O3S. The highest BCUT2D eigenvalue weighted by molar-refractivity contribution is 9.10. The Labute approximate surface area is 194 Å². The Bertz CT molecular complexity index is 1350. The van der Waals surface area contributed by atoms with Crippen LogP contribution in [0.5, 0.6) is 0 Å². The molecule has 0 saturated carbocycles. The Morgan fingerprint density at radius 3 is 2.22 bits per heavy atom. The van der Waals surface area contributed by atoms with Crippen molar-refractivity contribution >= 4 is 37.5 Å². The van der Waals surface area contributed by atoms with E-state index in [4.69, 9.17) is 5.14 Å². The lowest BCUT2D eigenvalue weighted by Gasteiger charge is -2.09. The van der Waals surface area contributed by atoms with Crippen LogP contribution in [0, 0.1) is 0 Å². The van der Waals surface area contributed by atoms with Gasteiger partial charge in [-0.15, -0.1) is 0 Å². The Kier molecular flexibility index (Phi) is 6.22. The van der Waals surface area contributed by atoms with Crippen LogP contribution in [-0.4, -0.2) is 24.1 Å². The van der Waals surface area contributed by atoms with Gasteiger partial charge < -0.3 is 5.32 Å². The molecule has 1 amide bonds. The van der Waals surface area contributed by atoms with E-state index in [1.807, 2.05) is 60.7 Å². The fraction of sp³-hybridized carbons (Fsp3) is 0.0435. The Morgan fingerprint density at radius 1 is 0.938 bits per heavy atom. The summed E-state index contributed by atoms with van der Waals surface area (Å²) in [5.41, 5.74) is 3.89. The van der Waals surface area contributed by atoms with Gasteiger partial charge in [0.2, 0.25) is 15.9 Å². The van der Waals surface area contributed by atoms with Crippen molar-refractivity contribution in [2.45, 2.75) is 11.4 Å². The topological polar surface area (TPSA) is 107 Å². The number of sulfonamides is 1. The lowest BCUT2D eigenvalue weighted by atomic mass is 10.1. The van der Waals surface area contributed by atoms with Crippen molar-refractivity contribution in [1.29, 1.82) is 0 Å². The molecule has 3 aromatic carbocycles. The molecule has 0 atom stereocenters. The molecule has 0 aliphatic heterocycles. The molecule has 0 radical (unpaired) electrons. The predicted molar refractivity (Wildman–Crippen MR) is 127 cm³/mol. The molecule has 1 aromatic heterocycles. The van der Waals surface area contributed by atoms with Crippen molar-refractivity contribution in [1.82, 2.24) is 9.78 Å². The van der Waals surface area contributed by atoms with Crippen molar-refractivity contribution < 1.29 is 13.2 Å². The van der Waals surface area contributed by atoms with Crippen LogP contribution in [0.3, 0.4) is 0 Å².